The molecule has 0 aliphatic carbocycles. The summed E-state index contributed by atoms with van der Waals surface area (Å²) in [6.45, 7) is 3.76. The van der Waals surface area contributed by atoms with E-state index in [1.807, 2.05) is 36.1 Å². The Morgan fingerprint density at radius 2 is 2.19 bits per heavy atom. The molecule has 112 valence electrons. The quantitative estimate of drug-likeness (QED) is 0.838. The lowest BCUT2D eigenvalue weighted by atomic mass is 10.1. The topological polar surface area (TPSA) is 52.6 Å². The van der Waals surface area contributed by atoms with Crippen LogP contribution in [0.4, 0.5) is 4.79 Å². The molecule has 1 fully saturated rings. The lowest BCUT2D eigenvalue weighted by molar-refractivity contribution is 0.205. The molecule has 4 nitrogen and oxygen atoms in total. The van der Waals surface area contributed by atoms with E-state index in [2.05, 4.69) is 17.2 Å². The number of benzene rings is 1. The normalized spacial score (nSPS) is 15.2. The second-order valence-electron chi connectivity index (χ2n) is 5.27. The zero-order chi connectivity index (χ0) is 15.1. The monoisotopic (exact) mass is 286 g/mol. The number of urea groups is 1. The summed E-state index contributed by atoms with van der Waals surface area (Å²) in [5.41, 5.74) is 1.95. The van der Waals surface area contributed by atoms with Crippen LogP contribution in [-0.2, 0) is 0 Å². The van der Waals surface area contributed by atoms with Crippen LogP contribution in [0.15, 0.2) is 24.3 Å². The molecular weight excluding hydrogens is 264 g/mol. The highest BCUT2D eigenvalue weighted by Gasteiger charge is 2.19. The maximum atomic E-state index is 12.1. The highest BCUT2D eigenvalue weighted by Crippen LogP contribution is 2.15. The fraction of sp³-hybridized carbons (Fsp3) is 0.471. The zero-order valence-electron chi connectivity index (χ0n) is 12.4. The Hall–Kier alpha value is -1.99. The van der Waals surface area contributed by atoms with Crippen molar-refractivity contribution in [3.63, 3.8) is 0 Å². The van der Waals surface area contributed by atoms with Gasteiger partial charge in [-0.3, -0.25) is 0 Å². The molecule has 2 N–H and O–H groups in total. The Balaban J connectivity index is 1.98. The molecule has 2 amide bonds. The van der Waals surface area contributed by atoms with Crippen LogP contribution in [0.2, 0.25) is 0 Å². The molecule has 0 saturated carbocycles. The summed E-state index contributed by atoms with van der Waals surface area (Å²) in [5, 5.41) is 11.8. The lowest BCUT2D eigenvalue weighted by Gasteiger charge is -2.20. The number of carbonyl (C=O) groups excluding carboxylic acids is 1. The van der Waals surface area contributed by atoms with Gasteiger partial charge in [0.25, 0.3) is 0 Å². The molecule has 0 radical (unpaired) electrons. The standard InChI is InChI=1S/C17H22N2O2/c1-14(18-17(21)19-10-3-4-11-19)16-9-6-8-15(13-16)7-2-5-12-20/h6,8-9,13-14,20H,3-5,10-12H2,1H3,(H,18,21). The third-order valence-electron chi connectivity index (χ3n) is 3.59. The number of aliphatic hydroxyl groups excluding tert-OH is 1. The van der Waals surface area contributed by atoms with Crippen molar-refractivity contribution in [1.82, 2.24) is 10.2 Å². The number of hydrogen-bond acceptors (Lipinski definition) is 2. The molecular formula is C17H22N2O2. The van der Waals surface area contributed by atoms with Crippen LogP contribution in [0.5, 0.6) is 0 Å². The average molecular weight is 286 g/mol. The fourth-order valence-corrected chi connectivity index (χ4v) is 2.39. The SMILES string of the molecule is CC(NC(=O)N1CCCC1)c1cccc(C#CCCO)c1. The summed E-state index contributed by atoms with van der Waals surface area (Å²) in [6.07, 6.45) is 2.67. The van der Waals surface area contributed by atoms with Crippen LogP contribution in [0.25, 0.3) is 0 Å². The summed E-state index contributed by atoms with van der Waals surface area (Å²) in [5.74, 6) is 5.92. The number of hydrogen-bond donors (Lipinski definition) is 2. The van der Waals surface area contributed by atoms with Crippen molar-refractivity contribution in [2.45, 2.75) is 32.2 Å². The van der Waals surface area contributed by atoms with Gasteiger partial charge in [0.15, 0.2) is 0 Å². The number of aliphatic hydroxyl groups is 1. The summed E-state index contributed by atoms with van der Waals surface area (Å²) >= 11 is 0. The first kappa shape index (κ1) is 15.4. The van der Waals surface area contributed by atoms with E-state index in [-0.39, 0.29) is 18.7 Å². The predicted molar refractivity (Wildman–Crippen MR) is 82.8 cm³/mol. The number of nitrogens with zero attached hydrogens (tertiary/aromatic N) is 1. The van der Waals surface area contributed by atoms with E-state index in [9.17, 15) is 4.79 Å². The molecule has 1 aliphatic heterocycles. The fourth-order valence-electron chi connectivity index (χ4n) is 2.39. The minimum absolute atomic E-state index is 0.0109. The number of rotatable bonds is 3. The van der Waals surface area contributed by atoms with E-state index in [0.717, 1.165) is 37.1 Å². The van der Waals surface area contributed by atoms with Gasteiger partial charge in [0.2, 0.25) is 0 Å². The Kier molecular flexibility index (Phi) is 5.65. The van der Waals surface area contributed by atoms with Crippen molar-refractivity contribution >= 4 is 6.03 Å². The highest BCUT2D eigenvalue weighted by molar-refractivity contribution is 5.75. The second kappa shape index (κ2) is 7.70. The maximum absolute atomic E-state index is 12.1. The molecule has 1 aromatic carbocycles. The van der Waals surface area contributed by atoms with Gasteiger partial charge < -0.3 is 15.3 Å². The maximum Gasteiger partial charge on any atom is 0.317 e. The third kappa shape index (κ3) is 4.51. The minimum Gasteiger partial charge on any atom is -0.395 e. The van der Waals surface area contributed by atoms with Gasteiger partial charge in [-0.1, -0.05) is 24.0 Å². The van der Waals surface area contributed by atoms with Gasteiger partial charge in [-0.05, 0) is 37.5 Å². The Labute approximate surface area is 126 Å². The highest BCUT2D eigenvalue weighted by atomic mass is 16.2. The molecule has 0 bridgehead atoms. The van der Waals surface area contributed by atoms with Crippen LogP contribution in [0.1, 0.15) is 43.4 Å². The zero-order valence-corrected chi connectivity index (χ0v) is 12.4. The molecule has 2 rings (SSSR count). The van der Waals surface area contributed by atoms with Crippen molar-refractivity contribution in [3.05, 3.63) is 35.4 Å². The van der Waals surface area contributed by atoms with Crippen LogP contribution in [0, 0.1) is 11.8 Å². The first-order valence-electron chi connectivity index (χ1n) is 7.46. The summed E-state index contributed by atoms with van der Waals surface area (Å²) in [6, 6.07) is 7.82. The molecule has 1 unspecified atom stereocenters. The minimum atomic E-state index is -0.0438. The Bertz CT molecular complexity index is 539. The van der Waals surface area contributed by atoms with Crippen LogP contribution in [-0.4, -0.2) is 35.7 Å². The summed E-state index contributed by atoms with van der Waals surface area (Å²) in [7, 11) is 0. The van der Waals surface area contributed by atoms with Gasteiger partial charge >= 0.3 is 6.03 Å². The van der Waals surface area contributed by atoms with Crippen molar-refractivity contribution in [2.24, 2.45) is 0 Å². The third-order valence-corrected chi connectivity index (χ3v) is 3.59. The van der Waals surface area contributed by atoms with Crippen LogP contribution >= 0.6 is 0 Å². The van der Waals surface area contributed by atoms with E-state index in [4.69, 9.17) is 5.11 Å². The van der Waals surface area contributed by atoms with E-state index in [1.165, 1.54) is 0 Å². The van der Waals surface area contributed by atoms with E-state index < -0.39 is 0 Å². The Morgan fingerprint density at radius 3 is 2.90 bits per heavy atom. The van der Waals surface area contributed by atoms with Crippen molar-refractivity contribution in [1.29, 1.82) is 0 Å². The molecule has 0 aromatic heterocycles. The van der Waals surface area contributed by atoms with Gasteiger partial charge in [-0.2, -0.15) is 0 Å². The van der Waals surface area contributed by atoms with Crippen molar-refractivity contribution in [3.8, 4) is 11.8 Å². The largest absolute Gasteiger partial charge is 0.395 e. The van der Waals surface area contributed by atoms with Crippen molar-refractivity contribution in [2.75, 3.05) is 19.7 Å². The molecule has 21 heavy (non-hydrogen) atoms. The smallest absolute Gasteiger partial charge is 0.317 e. The molecule has 1 aromatic rings. The second-order valence-corrected chi connectivity index (χ2v) is 5.27. The van der Waals surface area contributed by atoms with E-state index in [0.29, 0.717) is 6.42 Å². The molecule has 0 spiro atoms. The van der Waals surface area contributed by atoms with Gasteiger partial charge in [-0.25, -0.2) is 4.79 Å². The van der Waals surface area contributed by atoms with Gasteiger partial charge in [-0.15, -0.1) is 0 Å². The van der Waals surface area contributed by atoms with Gasteiger partial charge in [0.1, 0.15) is 0 Å². The molecule has 1 atom stereocenters. The first-order valence-corrected chi connectivity index (χ1v) is 7.46. The van der Waals surface area contributed by atoms with E-state index in [1.54, 1.807) is 0 Å². The number of nitrogens with one attached hydrogen (secondary N) is 1. The van der Waals surface area contributed by atoms with E-state index >= 15 is 0 Å². The molecule has 4 heteroatoms. The number of likely N-dealkylation sites (tertiary alicyclic amines) is 1. The number of amides is 2. The van der Waals surface area contributed by atoms with Crippen LogP contribution < -0.4 is 5.32 Å². The van der Waals surface area contributed by atoms with Crippen LogP contribution in [0.3, 0.4) is 0 Å². The predicted octanol–water partition coefficient (Wildman–Crippen LogP) is 2.29. The molecule has 1 saturated heterocycles. The van der Waals surface area contributed by atoms with Gasteiger partial charge in [0.05, 0.1) is 12.6 Å². The lowest BCUT2D eigenvalue weighted by Crippen LogP contribution is -2.39. The molecule has 1 aliphatic rings. The average Bonchev–Trinajstić information content (AvgIpc) is 3.02. The summed E-state index contributed by atoms with van der Waals surface area (Å²) in [4.78, 5) is 13.9. The Morgan fingerprint density at radius 1 is 1.43 bits per heavy atom. The first-order chi connectivity index (χ1) is 10.2. The molecule has 1 heterocycles. The summed E-state index contributed by atoms with van der Waals surface area (Å²) < 4.78 is 0. The number of carbonyl (C=O) groups is 1. The van der Waals surface area contributed by atoms with Gasteiger partial charge in [0, 0.05) is 25.1 Å². The van der Waals surface area contributed by atoms with Crippen molar-refractivity contribution < 1.29 is 9.90 Å².